The van der Waals surface area contributed by atoms with Gasteiger partial charge in [-0.2, -0.15) is 5.10 Å². The average molecular weight is 253 g/mol. The third-order valence-electron chi connectivity index (χ3n) is 2.37. The molecule has 0 N–H and O–H groups in total. The Morgan fingerprint density at radius 3 is 2.86 bits per heavy atom. The van der Waals surface area contributed by atoms with E-state index < -0.39 is 0 Å². The van der Waals surface area contributed by atoms with Crippen molar-refractivity contribution >= 4 is 33.1 Å². The third kappa shape index (κ3) is 1.26. The number of halogens is 1. The largest absolute Gasteiger partial charge is 0.298 e. The Hall–Kier alpha value is -1.16. The van der Waals surface area contributed by atoms with Gasteiger partial charge < -0.3 is 0 Å². The lowest BCUT2D eigenvalue weighted by molar-refractivity contribution is 0.112. The molecule has 0 bridgehead atoms. The number of hydrogen-bond donors (Lipinski definition) is 0. The highest BCUT2D eigenvalue weighted by molar-refractivity contribution is 9.10. The van der Waals surface area contributed by atoms with Crippen LogP contribution in [0.25, 0.3) is 10.9 Å². The van der Waals surface area contributed by atoms with E-state index in [0.717, 1.165) is 27.4 Å². The maximum Gasteiger partial charge on any atom is 0.151 e. The first-order chi connectivity index (χ1) is 6.63. The number of carbonyl (C=O) groups excluding carboxylic acids is 1. The molecule has 1 aromatic carbocycles. The fourth-order valence-electron chi connectivity index (χ4n) is 1.45. The van der Waals surface area contributed by atoms with E-state index in [0.29, 0.717) is 5.56 Å². The third-order valence-corrected chi connectivity index (χ3v) is 3.06. The number of carbonyl (C=O) groups is 1. The van der Waals surface area contributed by atoms with E-state index in [2.05, 4.69) is 21.0 Å². The summed E-state index contributed by atoms with van der Waals surface area (Å²) in [7, 11) is 1.89. The first-order valence-electron chi connectivity index (χ1n) is 4.21. The van der Waals surface area contributed by atoms with Crippen LogP contribution in [0.4, 0.5) is 0 Å². The van der Waals surface area contributed by atoms with Gasteiger partial charge >= 0.3 is 0 Å². The Kier molecular flexibility index (Phi) is 2.15. The Bertz CT molecular complexity index is 516. The summed E-state index contributed by atoms with van der Waals surface area (Å²) in [4.78, 5) is 10.7. The SMILES string of the molecule is Cc1c2cc(Br)c(C=O)cc2nn1C. The van der Waals surface area contributed by atoms with Gasteiger partial charge in [-0.25, -0.2) is 0 Å². The van der Waals surface area contributed by atoms with E-state index in [1.807, 2.05) is 24.7 Å². The van der Waals surface area contributed by atoms with Gasteiger partial charge in [0.15, 0.2) is 6.29 Å². The Morgan fingerprint density at radius 1 is 1.50 bits per heavy atom. The van der Waals surface area contributed by atoms with E-state index >= 15 is 0 Å². The zero-order valence-corrected chi connectivity index (χ0v) is 9.50. The number of nitrogens with zero attached hydrogens (tertiary/aromatic N) is 2. The fourth-order valence-corrected chi connectivity index (χ4v) is 1.89. The van der Waals surface area contributed by atoms with Crippen LogP contribution in [0.3, 0.4) is 0 Å². The van der Waals surface area contributed by atoms with E-state index in [9.17, 15) is 4.79 Å². The molecule has 0 fully saturated rings. The molecule has 0 radical (unpaired) electrons. The number of rotatable bonds is 1. The minimum absolute atomic E-state index is 0.635. The standard InChI is InChI=1S/C10H9BrN2O/c1-6-8-4-9(11)7(5-14)3-10(8)12-13(6)2/h3-5H,1-2H3. The van der Waals surface area contributed by atoms with Crippen molar-refractivity contribution < 1.29 is 4.79 Å². The Morgan fingerprint density at radius 2 is 2.21 bits per heavy atom. The maximum absolute atomic E-state index is 10.7. The second kappa shape index (κ2) is 3.20. The van der Waals surface area contributed by atoms with Crippen LogP contribution < -0.4 is 0 Å². The lowest BCUT2D eigenvalue weighted by Gasteiger charge is -1.96. The van der Waals surface area contributed by atoms with Crippen molar-refractivity contribution in [3.63, 3.8) is 0 Å². The monoisotopic (exact) mass is 252 g/mol. The first kappa shape index (κ1) is 9.40. The smallest absolute Gasteiger partial charge is 0.151 e. The normalized spacial score (nSPS) is 10.8. The highest BCUT2D eigenvalue weighted by Gasteiger charge is 2.08. The van der Waals surface area contributed by atoms with Crippen molar-refractivity contribution in [3.05, 3.63) is 27.9 Å². The quantitative estimate of drug-likeness (QED) is 0.731. The zero-order chi connectivity index (χ0) is 10.3. The van der Waals surface area contributed by atoms with Crippen molar-refractivity contribution in [2.45, 2.75) is 6.92 Å². The highest BCUT2D eigenvalue weighted by atomic mass is 79.9. The minimum atomic E-state index is 0.635. The number of fused-ring (bicyclic) bond motifs is 1. The first-order valence-corrected chi connectivity index (χ1v) is 5.01. The van der Waals surface area contributed by atoms with Crippen LogP contribution in [0.5, 0.6) is 0 Å². The molecule has 72 valence electrons. The highest BCUT2D eigenvalue weighted by Crippen LogP contribution is 2.24. The molecule has 0 aliphatic heterocycles. The van der Waals surface area contributed by atoms with Gasteiger partial charge in [0.05, 0.1) is 5.52 Å². The molecule has 2 rings (SSSR count). The van der Waals surface area contributed by atoms with Crippen molar-refractivity contribution in [2.75, 3.05) is 0 Å². The summed E-state index contributed by atoms with van der Waals surface area (Å²) in [6.45, 7) is 2.00. The molecule has 1 aromatic heterocycles. The molecular formula is C10H9BrN2O. The number of hydrogen-bond acceptors (Lipinski definition) is 2. The molecule has 0 atom stereocenters. The molecule has 0 saturated carbocycles. The van der Waals surface area contributed by atoms with Crippen LogP contribution in [0.1, 0.15) is 16.1 Å². The number of aryl methyl sites for hydroxylation is 2. The van der Waals surface area contributed by atoms with Gasteiger partial charge in [-0.3, -0.25) is 9.48 Å². The molecule has 2 aromatic rings. The lowest BCUT2D eigenvalue weighted by Crippen LogP contribution is -1.91. The van der Waals surface area contributed by atoms with Gasteiger partial charge in [0.2, 0.25) is 0 Å². The molecular weight excluding hydrogens is 244 g/mol. The molecule has 0 unspecified atom stereocenters. The Balaban J connectivity index is 2.85. The maximum atomic E-state index is 10.7. The molecule has 0 aliphatic rings. The number of aromatic nitrogens is 2. The minimum Gasteiger partial charge on any atom is -0.298 e. The van der Waals surface area contributed by atoms with Crippen molar-refractivity contribution in [3.8, 4) is 0 Å². The van der Waals surface area contributed by atoms with E-state index in [1.54, 1.807) is 6.07 Å². The molecule has 4 heteroatoms. The van der Waals surface area contributed by atoms with Gasteiger partial charge in [0.1, 0.15) is 0 Å². The summed E-state index contributed by atoms with van der Waals surface area (Å²) in [5.74, 6) is 0. The lowest BCUT2D eigenvalue weighted by atomic mass is 10.1. The van der Waals surface area contributed by atoms with Crippen molar-refractivity contribution in [1.82, 2.24) is 9.78 Å². The van der Waals surface area contributed by atoms with Crippen LogP contribution in [-0.4, -0.2) is 16.1 Å². The van der Waals surface area contributed by atoms with Crippen LogP contribution in [-0.2, 0) is 7.05 Å². The topological polar surface area (TPSA) is 34.9 Å². The van der Waals surface area contributed by atoms with E-state index in [4.69, 9.17) is 0 Å². The Labute approximate surface area is 89.8 Å². The van der Waals surface area contributed by atoms with Gasteiger partial charge in [-0.05, 0) is 19.1 Å². The van der Waals surface area contributed by atoms with Crippen LogP contribution >= 0.6 is 15.9 Å². The molecule has 14 heavy (non-hydrogen) atoms. The molecule has 0 amide bonds. The molecule has 0 spiro atoms. The number of benzene rings is 1. The second-order valence-corrected chi connectivity index (χ2v) is 4.07. The second-order valence-electron chi connectivity index (χ2n) is 3.22. The van der Waals surface area contributed by atoms with Gasteiger partial charge in [0.25, 0.3) is 0 Å². The predicted octanol–water partition coefficient (Wildman–Crippen LogP) is 2.46. The summed E-state index contributed by atoms with van der Waals surface area (Å²) >= 11 is 3.35. The van der Waals surface area contributed by atoms with Gasteiger partial charge in [0, 0.05) is 28.2 Å². The van der Waals surface area contributed by atoms with Crippen LogP contribution in [0.15, 0.2) is 16.6 Å². The predicted molar refractivity (Wildman–Crippen MR) is 58.5 cm³/mol. The summed E-state index contributed by atoms with van der Waals surface area (Å²) < 4.78 is 2.63. The van der Waals surface area contributed by atoms with E-state index in [-0.39, 0.29) is 0 Å². The summed E-state index contributed by atoms with van der Waals surface area (Å²) in [5.41, 5.74) is 2.59. The number of aldehydes is 1. The van der Waals surface area contributed by atoms with Crippen LogP contribution in [0, 0.1) is 6.92 Å². The molecule has 0 aliphatic carbocycles. The molecule has 3 nitrogen and oxygen atoms in total. The summed E-state index contributed by atoms with van der Waals surface area (Å²) in [6, 6.07) is 3.72. The molecule has 0 saturated heterocycles. The summed E-state index contributed by atoms with van der Waals surface area (Å²) in [6.07, 6.45) is 0.827. The van der Waals surface area contributed by atoms with E-state index in [1.165, 1.54) is 0 Å². The zero-order valence-electron chi connectivity index (χ0n) is 7.91. The molecule has 1 heterocycles. The summed E-state index contributed by atoms with van der Waals surface area (Å²) in [5, 5.41) is 5.37. The van der Waals surface area contributed by atoms with Gasteiger partial charge in [-0.15, -0.1) is 0 Å². The van der Waals surface area contributed by atoms with Crippen molar-refractivity contribution in [1.29, 1.82) is 0 Å². The van der Waals surface area contributed by atoms with Gasteiger partial charge in [-0.1, -0.05) is 15.9 Å². The van der Waals surface area contributed by atoms with Crippen molar-refractivity contribution in [2.24, 2.45) is 7.05 Å². The fraction of sp³-hybridized carbons (Fsp3) is 0.200. The van der Waals surface area contributed by atoms with Crippen LogP contribution in [0.2, 0.25) is 0 Å². The average Bonchev–Trinajstić information content (AvgIpc) is 2.43.